The molecule has 1 unspecified atom stereocenters. The zero-order valence-corrected chi connectivity index (χ0v) is 25.2. The molecule has 2 aliphatic heterocycles. The summed E-state index contributed by atoms with van der Waals surface area (Å²) < 4.78 is 56.5. The van der Waals surface area contributed by atoms with Crippen LogP contribution in [0.1, 0.15) is 34.6 Å². The van der Waals surface area contributed by atoms with Crippen molar-refractivity contribution in [2.24, 2.45) is 0 Å². The maximum atomic E-state index is 14.9. The van der Waals surface area contributed by atoms with Crippen LogP contribution >= 0.6 is 0 Å². The number of benzene rings is 2. The second kappa shape index (κ2) is 12.5. The predicted octanol–water partition coefficient (Wildman–Crippen LogP) is 4.49. The molecular weight excluding hydrogens is 604 g/mol. The average molecular weight is 637 g/mol. The van der Waals surface area contributed by atoms with Crippen molar-refractivity contribution in [2.75, 3.05) is 56.9 Å². The topological polar surface area (TPSA) is 107 Å². The Hall–Kier alpha value is -4.82. The fourth-order valence-electron chi connectivity index (χ4n) is 5.77. The Bertz CT molecular complexity index is 1830. The van der Waals surface area contributed by atoms with E-state index in [2.05, 4.69) is 42.9 Å². The Kier molecular flexibility index (Phi) is 8.49. The summed E-state index contributed by atoms with van der Waals surface area (Å²) in [7, 11) is 2.06. The number of piperazine rings is 1. The van der Waals surface area contributed by atoms with Gasteiger partial charge < -0.3 is 20.9 Å². The van der Waals surface area contributed by atoms with E-state index in [9.17, 15) is 27.2 Å². The fraction of sp³-hybridized carbons (Fsp3) is 0.312. The number of carbonyl (C=O) groups excluding carboxylic acids is 2. The van der Waals surface area contributed by atoms with E-state index >= 15 is 0 Å². The lowest BCUT2D eigenvalue weighted by atomic mass is 9.93. The zero-order valence-electron chi connectivity index (χ0n) is 25.2. The molecule has 4 aromatic rings. The first-order chi connectivity index (χ1) is 22.0. The third-order valence-electron chi connectivity index (χ3n) is 8.27. The minimum absolute atomic E-state index is 0.0378. The van der Waals surface area contributed by atoms with E-state index in [1.54, 1.807) is 43.6 Å². The minimum atomic E-state index is -4.90. The maximum absolute atomic E-state index is 14.9. The lowest BCUT2D eigenvalue weighted by molar-refractivity contribution is -0.140. The molecule has 0 aliphatic carbocycles. The average Bonchev–Trinajstić information content (AvgIpc) is 3.44. The van der Waals surface area contributed by atoms with Crippen molar-refractivity contribution in [3.8, 4) is 0 Å². The van der Waals surface area contributed by atoms with Gasteiger partial charge in [0, 0.05) is 74.5 Å². The van der Waals surface area contributed by atoms with Crippen LogP contribution in [0.4, 0.5) is 29.1 Å². The maximum Gasteiger partial charge on any atom is 0.419 e. The number of hydrogen-bond acceptors (Lipinski definition) is 7. The SMILES string of the molecule is CC1=C(C(=O)Nc2ccc3cnccc3c2)C(c2ccc(C(F)(F)F)c(F)c2)n2nc(C(=O)NCCN3CCN(C)CC3)cc2N1. The molecule has 2 aromatic carbocycles. The third-order valence-corrected chi connectivity index (χ3v) is 8.27. The van der Waals surface area contributed by atoms with Gasteiger partial charge in [0.15, 0.2) is 5.69 Å². The van der Waals surface area contributed by atoms with Gasteiger partial charge in [0.1, 0.15) is 17.7 Å². The van der Waals surface area contributed by atoms with E-state index in [-0.39, 0.29) is 16.8 Å². The van der Waals surface area contributed by atoms with Crippen LogP contribution in [0.5, 0.6) is 0 Å². The number of aromatic nitrogens is 3. The normalized spacial score (nSPS) is 17.5. The van der Waals surface area contributed by atoms with Crippen LogP contribution in [-0.2, 0) is 11.0 Å². The van der Waals surface area contributed by atoms with Gasteiger partial charge >= 0.3 is 6.18 Å². The molecule has 0 spiro atoms. The van der Waals surface area contributed by atoms with Gasteiger partial charge in [-0.1, -0.05) is 12.1 Å². The molecule has 1 atom stereocenters. The molecule has 1 saturated heterocycles. The van der Waals surface area contributed by atoms with Crippen LogP contribution in [0.2, 0.25) is 0 Å². The van der Waals surface area contributed by atoms with Gasteiger partial charge in [-0.15, -0.1) is 0 Å². The van der Waals surface area contributed by atoms with Crippen LogP contribution in [-0.4, -0.2) is 82.7 Å². The summed E-state index contributed by atoms with van der Waals surface area (Å²) in [6.07, 6.45) is -1.59. The van der Waals surface area contributed by atoms with Gasteiger partial charge in [0.2, 0.25) is 0 Å². The summed E-state index contributed by atoms with van der Waals surface area (Å²) in [6, 6.07) is 9.90. The molecule has 3 N–H and O–H groups in total. The Morgan fingerprint density at radius 2 is 1.78 bits per heavy atom. The molecule has 2 amide bonds. The highest BCUT2D eigenvalue weighted by Gasteiger charge is 2.38. The number of anilines is 2. The number of pyridine rings is 1. The monoisotopic (exact) mass is 636 g/mol. The fourth-order valence-corrected chi connectivity index (χ4v) is 5.77. The second-order valence-corrected chi connectivity index (χ2v) is 11.5. The van der Waals surface area contributed by atoms with Gasteiger partial charge in [0.25, 0.3) is 11.8 Å². The smallest absolute Gasteiger partial charge is 0.349 e. The molecular formula is C32H32F4N8O2. The number of allylic oxidation sites excluding steroid dienone is 1. The van der Waals surface area contributed by atoms with E-state index in [1.807, 2.05) is 0 Å². The van der Waals surface area contributed by atoms with Crippen LogP contribution in [0.3, 0.4) is 0 Å². The molecule has 0 saturated carbocycles. The van der Waals surface area contributed by atoms with Crippen LogP contribution in [0.15, 0.2) is 72.2 Å². The first-order valence-electron chi connectivity index (χ1n) is 14.8. The van der Waals surface area contributed by atoms with Crippen molar-refractivity contribution in [2.45, 2.75) is 19.1 Å². The molecule has 2 aliphatic rings. The highest BCUT2D eigenvalue weighted by Crippen LogP contribution is 2.39. The van der Waals surface area contributed by atoms with Crippen molar-refractivity contribution in [3.63, 3.8) is 0 Å². The van der Waals surface area contributed by atoms with E-state index < -0.39 is 35.4 Å². The standard InChI is InChI=1S/C32H32F4N8O2/c1-19-28(31(46)40-23-5-3-22-18-37-8-7-20(22)15-23)29(21-4-6-24(25(33)16-21)32(34,35)36)44-27(39-19)17-26(41-44)30(45)38-9-10-43-13-11-42(2)12-14-43/h3-8,15-18,29,39H,9-14H2,1-2H3,(H,38,45)(H,40,46). The predicted molar refractivity (Wildman–Crippen MR) is 165 cm³/mol. The first kappa shape index (κ1) is 31.2. The Balaban J connectivity index is 1.30. The number of alkyl halides is 3. The summed E-state index contributed by atoms with van der Waals surface area (Å²) in [4.78, 5) is 35.6. The number of halogens is 4. The van der Waals surface area contributed by atoms with Gasteiger partial charge in [0.05, 0.1) is 11.1 Å². The van der Waals surface area contributed by atoms with Crippen LogP contribution in [0.25, 0.3) is 10.8 Å². The Morgan fingerprint density at radius 1 is 1.00 bits per heavy atom. The lowest BCUT2D eigenvalue weighted by Gasteiger charge is -2.32. The number of nitrogens with one attached hydrogen (secondary N) is 3. The summed E-state index contributed by atoms with van der Waals surface area (Å²) in [5.41, 5.74) is -0.422. The third kappa shape index (κ3) is 6.44. The molecule has 240 valence electrons. The van der Waals surface area contributed by atoms with Crippen molar-refractivity contribution in [1.82, 2.24) is 29.9 Å². The number of carbonyl (C=O) groups is 2. The van der Waals surface area contributed by atoms with E-state index in [0.717, 1.165) is 49.1 Å². The molecule has 46 heavy (non-hydrogen) atoms. The van der Waals surface area contributed by atoms with E-state index in [4.69, 9.17) is 0 Å². The van der Waals surface area contributed by atoms with E-state index in [1.165, 1.54) is 10.7 Å². The first-order valence-corrected chi connectivity index (χ1v) is 14.8. The number of nitrogens with zero attached hydrogens (tertiary/aromatic N) is 5. The highest BCUT2D eigenvalue weighted by molar-refractivity contribution is 6.07. The number of rotatable bonds is 7. The minimum Gasteiger partial charge on any atom is -0.349 e. The second-order valence-electron chi connectivity index (χ2n) is 11.5. The van der Waals surface area contributed by atoms with E-state index in [0.29, 0.717) is 36.4 Å². The molecule has 2 aromatic heterocycles. The Morgan fingerprint density at radius 3 is 2.52 bits per heavy atom. The summed E-state index contributed by atoms with van der Waals surface area (Å²) in [6.45, 7) is 6.35. The van der Waals surface area contributed by atoms with Crippen molar-refractivity contribution >= 4 is 34.1 Å². The molecule has 14 heteroatoms. The Labute approximate surface area is 262 Å². The van der Waals surface area contributed by atoms with Crippen LogP contribution in [0, 0.1) is 5.82 Å². The summed E-state index contributed by atoms with van der Waals surface area (Å²) in [5, 5.41) is 15.0. The van der Waals surface area contributed by atoms with Crippen molar-refractivity contribution in [3.05, 3.63) is 94.8 Å². The number of likely N-dealkylation sites (N-methyl/N-ethyl adjacent to an activating group) is 1. The molecule has 0 radical (unpaired) electrons. The zero-order chi connectivity index (χ0) is 32.6. The quantitative estimate of drug-likeness (QED) is 0.257. The van der Waals surface area contributed by atoms with Gasteiger partial charge in [-0.25, -0.2) is 9.07 Å². The van der Waals surface area contributed by atoms with Gasteiger partial charge in [-0.05, 0) is 55.3 Å². The van der Waals surface area contributed by atoms with Gasteiger partial charge in [-0.2, -0.15) is 18.3 Å². The molecule has 10 nitrogen and oxygen atoms in total. The lowest BCUT2D eigenvalue weighted by Crippen LogP contribution is -2.46. The number of amides is 2. The van der Waals surface area contributed by atoms with Gasteiger partial charge in [-0.3, -0.25) is 19.5 Å². The number of fused-ring (bicyclic) bond motifs is 2. The molecule has 0 bridgehead atoms. The largest absolute Gasteiger partial charge is 0.419 e. The molecule has 4 heterocycles. The molecule has 1 fully saturated rings. The summed E-state index contributed by atoms with van der Waals surface area (Å²) in [5.74, 6) is -2.20. The molecule has 6 rings (SSSR count). The highest BCUT2D eigenvalue weighted by atomic mass is 19.4. The van der Waals surface area contributed by atoms with Crippen molar-refractivity contribution in [1.29, 1.82) is 0 Å². The van der Waals surface area contributed by atoms with Crippen LogP contribution < -0.4 is 16.0 Å². The van der Waals surface area contributed by atoms with Crippen molar-refractivity contribution < 1.29 is 27.2 Å². The number of hydrogen-bond donors (Lipinski definition) is 3. The summed E-state index contributed by atoms with van der Waals surface area (Å²) >= 11 is 0.